The lowest BCUT2D eigenvalue weighted by atomic mass is 9.97. The number of nitrogens with one attached hydrogen (secondary N) is 1. The van der Waals surface area contributed by atoms with Crippen molar-refractivity contribution in [1.82, 2.24) is 20.2 Å². The molecular weight excluding hydrogens is 546 g/mol. The van der Waals surface area contributed by atoms with Crippen LogP contribution in [0.15, 0.2) is 113 Å². The number of aromatic nitrogens is 3. The molecule has 6 aromatic rings. The van der Waals surface area contributed by atoms with E-state index in [9.17, 15) is 4.79 Å². The van der Waals surface area contributed by atoms with Gasteiger partial charge in [-0.2, -0.15) is 5.10 Å². The normalized spacial score (nSPS) is 11.3. The lowest BCUT2D eigenvalue weighted by Gasteiger charge is -2.11. The van der Waals surface area contributed by atoms with Gasteiger partial charge >= 0.3 is 0 Å². The van der Waals surface area contributed by atoms with Crippen LogP contribution in [0.4, 0.5) is 0 Å². The van der Waals surface area contributed by atoms with Crippen LogP contribution in [0.1, 0.15) is 5.56 Å². The minimum Gasteiger partial charge on any atom is -0.497 e. The topological polar surface area (TPSA) is 90.6 Å². The number of hydrogen-bond acceptors (Lipinski definition) is 7. The van der Waals surface area contributed by atoms with Crippen LogP contribution in [0.5, 0.6) is 11.5 Å². The van der Waals surface area contributed by atoms with Crippen molar-refractivity contribution in [3.8, 4) is 28.6 Å². The van der Waals surface area contributed by atoms with E-state index in [2.05, 4.69) is 51.1 Å². The van der Waals surface area contributed by atoms with Gasteiger partial charge in [0.15, 0.2) is 11.0 Å². The van der Waals surface area contributed by atoms with Crippen LogP contribution in [-0.2, 0) is 4.79 Å². The molecule has 0 atom stereocenters. The van der Waals surface area contributed by atoms with Crippen LogP contribution in [-0.4, -0.2) is 46.9 Å². The van der Waals surface area contributed by atoms with Crippen molar-refractivity contribution < 1.29 is 14.3 Å². The second kappa shape index (κ2) is 12.2. The lowest BCUT2D eigenvalue weighted by molar-refractivity contribution is -0.118. The fourth-order valence-electron chi connectivity index (χ4n) is 4.77. The lowest BCUT2D eigenvalue weighted by Crippen LogP contribution is -2.20. The third-order valence-corrected chi connectivity index (χ3v) is 7.77. The number of methoxy groups -OCH3 is 2. The number of amides is 1. The smallest absolute Gasteiger partial charge is 0.250 e. The Kier molecular flexibility index (Phi) is 7.83. The van der Waals surface area contributed by atoms with E-state index in [0.717, 1.165) is 49.9 Å². The van der Waals surface area contributed by atoms with E-state index in [0.29, 0.717) is 11.0 Å². The summed E-state index contributed by atoms with van der Waals surface area (Å²) in [6, 6.07) is 33.7. The molecule has 9 heteroatoms. The van der Waals surface area contributed by atoms with Crippen LogP contribution < -0.4 is 14.9 Å². The van der Waals surface area contributed by atoms with Gasteiger partial charge < -0.3 is 9.47 Å². The van der Waals surface area contributed by atoms with E-state index >= 15 is 0 Å². The minimum atomic E-state index is -0.254. The summed E-state index contributed by atoms with van der Waals surface area (Å²) in [5.74, 6) is 1.98. The Morgan fingerprint density at radius 3 is 2.05 bits per heavy atom. The summed E-state index contributed by atoms with van der Waals surface area (Å²) in [6.45, 7) is 0. The van der Waals surface area contributed by atoms with Crippen molar-refractivity contribution in [2.75, 3.05) is 20.0 Å². The Bertz CT molecular complexity index is 1850. The summed E-state index contributed by atoms with van der Waals surface area (Å²) >= 11 is 1.28. The summed E-state index contributed by atoms with van der Waals surface area (Å²) in [5, 5.41) is 18.1. The molecule has 1 amide bonds. The van der Waals surface area contributed by atoms with Gasteiger partial charge in [-0.3, -0.25) is 9.36 Å². The average Bonchev–Trinajstić information content (AvgIpc) is 3.47. The quantitative estimate of drug-likeness (QED) is 0.0919. The number of benzene rings is 5. The standard InChI is InChI=1S/C33H27N5O3S/c1-40-26-15-11-22(12-16-26)32-36-37-33(38(32)25-13-17-27(41-2)18-14-25)42-21-31(39)35-34-20-30-28-9-5-3-7-23(28)19-24-8-4-6-10-29(24)30/h3-20H,21H2,1-2H3,(H,35,39). The molecule has 1 heterocycles. The molecule has 0 aliphatic rings. The van der Waals surface area contributed by atoms with E-state index < -0.39 is 0 Å². The predicted octanol–water partition coefficient (Wildman–Crippen LogP) is 6.50. The largest absolute Gasteiger partial charge is 0.497 e. The Labute approximate surface area is 247 Å². The maximum Gasteiger partial charge on any atom is 0.250 e. The Morgan fingerprint density at radius 2 is 1.43 bits per heavy atom. The summed E-state index contributed by atoms with van der Waals surface area (Å²) < 4.78 is 12.5. The number of hydrogen-bond donors (Lipinski definition) is 1. The first-order valence-electron chi connectivity index (χ1n) is 13.2. The van der Waals surface area contributed by atoms with Gasteiger partial charge in [-0.15, -0.1) is 10.2 Å². The highest BCUT2D eigenvalue weighted by Crippen LogP contribution is 2.30. The molecule has 0 aliphatic carbocycles. The molecule has 0 unspecified atom stereocenters. The summed E-state index contributed by atoms with van der Waals surface area (Å²) in [7, 11) is 3.25. The van der Waals surface area contributed by atoms with Gasteiger partial charge in [0.1, 0.15) is 11.5 Å². The van der Waals surface area contributed by atoms with Crippen LogP contribution in [0.2, 0.25) is 0 Å². The molecule has 1 aromatic heterocycles. The number of rotatable bonds is 9. The maximum atomic E-state index is 12.9. The Balaban J connectivity index is 1.23. The van der Waals surface area contributed by atoms with E-state index in [-0.39, 0.29) is 11.7 Å². The zero-order valence-corrected chi connectivity index (χ0v) is 23.8. The monoisotopic (exact) mass is 573 g/mol. The van der Waals surface area contributed by atoms with E-state index in [1.165, 1.54) is 11.8 Å². The zero-order valence-electron chi connectivity index (χ0n) is 23.0. The molecule has 208 valence electrons. The first kappa shape index (κ1) is 27.0. The number of carbonyl (C=O) groups excluding carboxylic acids is 1. The fourth-order valence-corrected chi connectivity index (χ4v) is 5.52. The Hall–Kier alpha value is -5.15. The van der Waals surface area contributed by atoms with Crippen LogP contribution in [0.25, 0.3) is 38.6 Å². The van der Waals surface area contributed by atoms with Crippen LogP contribution in [0.3, 0.4) is 0 Å². The first-order chi connectivity index (χ1) is 20.6. The number of nitrogens with zero attached hydrogens (tertiary/aromatic N) is 4. The van der Waals surface area contributed by atoms with E-state index in [1.54, 1.807) is 20.4 Å². The van der Waals surface area contributed by atoms with Gasteiger partial charge in [0.2, 0.25) is 0 Å². The molecule has 42 heavy (non-hydrogen) atoms. The molecule has 5 aromatic carbocycles. The molecule has 0 bridgehead atoms. The van der Waals surface area contributed by atoms with Crippen molar-refractivity contribution in [2.45, 2.75) is 5.16 Å². The second-order valence-electron chi connectivity index (χ2n) is 9.38. The predicted molar refractivity (Wildman–Crippen MR) is 168 cm³/mol. The molecule has 1 N–H and O–H groups in total. The molecule has 0 saturated carbocycles. The molecule has 0 radical (unpaired) electrons. The van der Waals surface area contributed by atoms with Crippen molar-refractivity contribution in [1.29, 1.82) is 0 Å². The SMILES string of the molecule is COc1ccc(-c2nnc(SCC(=O)NN=Cc3c4ccccc4cc4ccccc34)n2-c2ccc(OC)cc2)cc1. The first-order valence-corrected chi connectivity index (χ1v) is 14.2. The number of hydrazone groups is 1. The molecule has 8 nitrogen and oxygen atoms in total. The van der Waals surface area contributed by atoms with E-state index in [1.807, 2.05) is 77.4 Å². The maximum absolute atomic E-state index is 12.9. The molecular formula is C33H27N5O3S. The van der Waals surface area contributed by atoms with Gasteiger partial charge in [-0.25, -0.2) is 5.43 Å². The van der Waals surface area contributed by atoms with E-state index in [4.69, 9.17) is 9.47 Å². The van der Waals surface area contributed by atoms with Gasteiger partial charge in [-0.1, -0.05) is 60.3 Å². The van der Waals surface area contributed by atoms with Crippen molar-refractivity contribution in [3.63, 3.8) is 0 Å². The number of thioether (sulfide) groups is 1. The third-order valence-electron chi connectivity index (χ3n) is 6.84. The molecule has 6 rings (SSSR count). The summed E-state index contributed by atoms with van der Waals surface area (Å²) in [6.07, 6.45) is 1.72. The molecule has 0 spiro atoms. The molecule has 0 saturated heterocycles. The fraction of sp³-hybridized carbons (Fsp3) is 0.0909. The van der Waals surface area contributed by atoms with Crippen molar-refractivity contribution in [2.24, 2.45) is 5.10 Å². The highest BCUT2D eigenvalue weighted by molar-refractivity contribution is 7.99. The van der Waals surface area contributed by atoms with Crippen molar-refractivity contribution >= 4 is 45.4 Å². The number of fused-ring (bicyclic) bond motifs is 2. The van der Waals surface area contributed by atoms with Crippen LogP contribution in [0, 0.1) is 0 Å². The highest BCUT2D eigenvalue weighted by atomic mass is 32.2. The second-order valence-corrected chi connectivity index (χ2v) is 10.3. The highest BCUT2D eigenvalue weighted by Gasteiger charge is 2.18. The molecule has 0 fully saturated rings. The van der Waals surface area contributed by atoms with Crippen molar-refractivity contribution in [3.05, 3.63) is 109 Å². The van der Waals surface area contributed by atoms with Gasteiger partial charge in [0, 0.05) is 16.8 Å². The van der Waals surface area contributed by atoms with Gasteiger partial charge in [-0.05, 0) is 76.1 Å². The number of ether oxygens (including phenoxy) is 2. The minimum absolute atomic E-state index is 0.102. The summed E-state index contributed by atoms with van der Waals surface area (Å²) in [5.41, 5.74) is 5.34. The van der Waals surface area contributed by atoms with Crippen LogP contribution >= 0.6 is 11.8 Å². The van der Waals surface area contributed by atoms with Gasteiger partial charge in [0.05, 0.1) is 26.2 Å². The Morgan fingerprint density at radius 1 is 0.833 bits per heavy atom. The third kappa shape index (κ3) is 5.55. The average molecular weight is 574 g/mol. The molecule has 0 aliphatic heterocycles. The van der Waals surface area contributed by atoms with Gasteiger partial charge in [0.25, 0.3) is 5.91 Å². The zero-order chi connectivity index (χ0) is 28.9. The summed E-state index contributed by atoms with van der Waals surface area (Å²) in [4.78, 5) is 12.9. The number of carbonyl (C=O) groups is 1.